The molecule has 0 atom stereocenters. The molecule has 9 nitrogen and oxygen atoms in total. The largest absolute Gasteiger partial charge is 0.490 e. The van der Waals surface area contributed by atoms with E-state index in [1.54, 1.807) is 30.0 Å². The van der Waals surface area contributed by atoms with Crippen molar-refractivity contribution in [1.29, 1.82) is 5.26 Å². The molecule has 1 saturated heterocycles. The van der Waals surface area contributed by atoms with Crippen molar-refractivity contribution in [3.8, 4) is 22.9 Å². The summed E-state index contributed by atoms with van der Waals surface area (Å²) in [6.45, 7) is 13.0. The topological polar surface area (TPSA) is 96.0 Å². The van der Waals surface area contributed by atoms with Crippen molar-refractivity contribution in [1.82, 2.24) is 19.5 Å². The minimum atomic E-state index is 0.00366. The van der Waals surface area contributed by atoms with E-state index in [1.807, 2.05) is 36.9 Å². The predicted octanol–water partition coefficient (Wildman–Crippen LogP) is 3.30. The second kappa shape index (κ2) is 10.6. The number of pyridine rings is 2. The number of fused-ring (bicyclic) bond motifs is 1. The zero-order chi connectivity index (χ0) is 24.9. The lowest BCUT2D eigenvalue weighted by Crippen LogP contribution is -2.49. The van der Waals surface area contributed by atoms with Gasteiger partial charge in [-0.1, -0.05) is 6.58 Å². The molecule has 0 bridgehead atoms. The molecule has 35 heavy (non-hydrogen) atoms. The number of piperazine rings is 1. The molecule has 1 fully saturated rings. The molecule has 182 valence electrons. The Morgan fingerprint density at radius 3 is 2.60 bits per heavy atom. The van der Waals surface area contributed by atoms with Crippen LogP contribution in [0.15, 0.2) is 48.9 Å². The molecule has 0 N–H and O–H groups in total. The van der Waals surface area contributed by atoms with Gasteiger partial charge in [0.15, 0.2) is 0 Å². The Kier molecular flexibility index (Phi) is 7.32. The Labute approximate surface area is 205 Å². The minimum Gasteiger partial charge on any atom is -0.490 e. The SMILES string of the molecule is C=C(C)C(=O)N1CCN(c2ccc(-c3cc(OCCOC(C)C)cn4ncc(C#N)c34)cn2)CC1. The summed E-state index contributed by atoms with van der Waals surface area (Å²) >= 11 is 0. The highest BCUT2D eigenvalue weighted by atomic mass is 16.5. The van der Waals surface area contributed by atoms with Crippen LogP contribution in [0.3, 0.4) is 0 Å². The zero-order valence-corrected chi connectivity index (χ0v) is 20.4. The van der Waals surface area contributed by atoms with Gasteiger partial charge in [0.2, 0.25) is 5.91 Å². The van der Waals surface area contributed by atoms with Crippen LogP contribution in [-0.2, 0) is 9.53 Å². The van der Waals surface area contributed by atoms with Crippen molar-refractivity contribution in [2.45, 2.75) is 26.9 Å². The fraction of sp³-hybridized carbons (Fsp3) is 0.385. The highest BCUT2D eigenvalue weighted by Gasteiger charge is 2.22. The van der Waals surface area contributed by atoms with E-state index in [2.05, 4.69) is 27.6 Å². The lowest BCUT2D eigenvalue weighted by atomic mass is 10.1. The van der Waals surface area contributed by atoms with Gasteiger partial charge in [-0.2, -0.15) is 10.4 Å². The maximum Gasteiger partial charge on any atom is 0.249 e. The molecule has 1 amide bonds. The van der Waals surface area contributed by atoms with Crippen molar-refractivity contribution in [2.75, 3.05) is 44.3 Å². The number of rotatable bonds is 8. The van der Waals surface area contributed by atoms with Crippen LogP contribution in [0.4, 0.5) is 5.82 Å². The fourth-order valence-corrected chi connectivity index (χ4v) is 4.06. The summed E-state index contributed by atoms with van der Waals surface area (Å²) in [5.74, 6) is 1.48. The first-order chi connectivity index (χ1) is 16.9. The Balaban J connectivity index is 1.54. The lowest BCUT2D eigenvalue weighted by Gasteiger charge is -2.35. The third-order valence-electron chi connectivity index (χ3n) is 5.83. The smallest absolute Gasteiger partial charge is 0.249 e. The van der Waals surface area contributed by atoms with Crippen LogP contribution >= 0.6 is 0 Å². The molecule has 0 saturated carbocycles. The van der Waals surface area contributed by atoms with Gasteiger partial charge in [0.05, 0.1) is 36.2 Å². The summed E-state index contributed by atoms with van der Waals surface area (Å²) in [5, 5.41) is 13.9. The Bertz CT molecular complexity index is 1250. The van der Waals surface area contributed by atoms with Crippen molar-refractivity contribution in [3.05, 3.63) is 54.5 Å². The van der Waals surface area contributed by atoms with Crippen LogP contribution in [0.1, 0.15) is 26.3 Å². The highest BCUT2D eigenvalue weighted by Crippen LogP contribution is 2.31. The van der Waals surface area contributed by atoms with Gasteiger partial charge < -0.3 is 19.3 Å². The molecule has 1 aliphatic rings. The number of carbonyl (C=O) groups is 1. The second-order valence-electron chi connectivity index (χ2n) is 8.79. The summed E-state index contributed by atoms with van der Waals surface area (Å²) in [7, 11) is 0. The molecular formula is C26H30N6O3. The van der Waals surface area contributed by atoms with Gasteiger partial charge in [0.1, 0.15) is 24.2 Å². The van der Waals surface area contributed by atoms with E-state index in [1.165, 1.54) is 0 Å². The van der Waals surface area contributed by atoms with E-state index in [0.717, 1.165) is 16.9 Å². The summed E-state index contributed by atoms with van der Waals surface area (Å²) in [6, 6.07) is 8.08. The van der Waals surface area contributed by atoms with Crippen LogP contribution < -0.4 is 9.64 Å². The van der Waals surface area contributed by atoms with Crippen LogP contribution in [0.25, 0.3) is 16.6 Å². The molecular weight excluding hydrogens is 444 g/mol. The van der Waals surface area contributed by atoms with E-state index in [9.17, 15) is 10.1 Å². The van der Waals surface area contributed by atoms with Crippen LogP contribution in [0.2, 0.25) is 0 Å². The van der Waals surface area contributed by atoms with E-state index >= 15 is 0 Å². The normalized spacial score (nSPS) is 13.8. The minimum absolute atomic E-state index is 0.00366. The first kappa shape index (κ1) is 24.2. The number of hydrogen-bond donors (Lipinski definition) is 0. The van der Waals surface area contributed by atoms with Gasteiger partial charge in [-0.3, -0.25) is 4.79 Å². The number of nitriles is 1. The number of amides is 1. The molecule has 0 aromatic carbocycles. The van der Waals surface area contributed by atoms with E-state index in [0.29, 0.717) is 61.8 Å². The summed E-state index contributed by atoms with van der Waals surface area (Å²) < 4.78 is 13.1. The molecule has 4 rings (SSSR count). The molecule has 9 heteroatoms. The van der Waals surface area contributed by atoms with Gasteiger partial charge in [-0.25, -0.2) is 9.50 Å². The summed E-state index contributed by atoms with van der Waals surface area (Å²) in [4.78, 5) is 20.8. The Morgan fingerprint density at radius 2 is 1.97 bits per heavy atom. The standard InChI is InChI=1S/C26H30N6O3/c1-18(2)26(33)31-9-7-30(8-10-31)24-6-5-20(15-28-24)23-13-22(35-12-11-34-19(3)4)17-32-25(23)21(14-27)16-29-32/h5-6,13,15-17,19H,1,7-12H2,2-4H3. The molecule has 0 unspecified atom stereocenters. The van der Waals surface area contributed by atoms with Crippen LogP contribution in [-0.4, -0.2) is 70.9 Å². The van der Waals surface area contributed by atoms with E-state index in [4.69, 9.17) is 9.47 Å². The average molecular weight is 475 g/mol. The van der Waals surface area contributed by atoms with Crippen molar-refractivity contribution < 1.29 is 14.3 Å². The summed E-state index contributed by atoms with van der Waals surface area (Å²) in [6.07, 6.45) is 5.26. The molecule has 0 aliphatic carbocycles. The van der Waals surface area contributed by atoms with Crippen LogP contribution in [0, 0.1) is 11.3 Å². The van der Waals surface area contributed by atoms with E-state index < -0.39 is 0 Å². The van der Waals surface area contributed by atoms with Crippen molar-refractivity contribution in [3.63, 3.8) is 0 Å². The second-order valence-corrected chi connectivity index (χ2v) is 8.79. The maximum atomic E-state index is 12.2. The number of carbonyl (C=O) groups excluding carboxylic acids is 1. The van der Waals surface area contributed by atoms with Gasteiger partial charge >= 0.3 is 0 Å². The van der Waals surface area contributed by atoms with Crippen molar-refractivity contribution >= 4 is 17.2 Å². The first-order valence-electron chi connectivity index (χ1n) is 11.7. The number of hydrogen-bond acceptors (Lipinski definition) is 7. The van der Waals surface area contributed by atoms with Crippen LogP contribution in [0.5, 0.6) is 5.75 Å². The van der Waals surface area contributed by atoms with Crippen molar-refractivity contribution in [2.24, 2.45) is 0 Å². The van der Waals surface area contributed by atoms with Gasteiger partial charge in [-0.05, 0) is 39.0 Å². The Hall–Kier alpha value is -3.90. The highest BCUT2D eigenvalue weighted by molar-refractivity contribution is 5.92. The fourth-order valence-electron chi connectivity index (χ4n) is 4.06. The number of ether oxygens (including phenoxy) is 2. The number of anilines is 1. The average Bonchev–Trinajstić information content (AvgIpc) is 3.29. The van der Waals surface area contributed by atoms with Gasteiger partial charge in [0.25, 0.3) is 0 Å². The maximum absolute atomic E-state index is 12.2. The summed E-state index contributed by atoms with van der Waals surface area (Å²) in [5.41, 5.74) is 3.42. The first-order valence-corrected chi connectivity index (χ1v) is 11.7. The molecule has 3 aromatic rings. The third-order valence-corrected chi connectivity index (χ3v) is 5.83. The Morgan fingerprint density at radius 1 is 1.20 bits per heavy atom. The van der Waals surface area contributed by atoms with E-state index in [-0.39, 0.29) is 12.0 Å². The zero-order valence-electron chi connectivity index (χ0n) is 20.4. The third kappa shape index (κ3) is 5.44. The molecule has 3 aromatic heterocycles. The molecule has 0 spiro atoms. The quantitative estimate of drug-likeness (QED) is 0.365. The molecule has 1 aliphatic heterocycles. The number of nitrogens with zero attached hydrogens (tertiary/aromatic N) is 6. The molecule has 0 radical (unpaired) electrons. The monoisotopic (exact) mass is 474 g/mol. The number of aromatic nitrogens is 3. The lowest BCUT2D eigenvalue weighted by molar-refractivity contribution is -0.127. The molecule has 4 heterocycles. The van der Waals surface area contributed by atoms with Gasteiger partial charge in [0, 0.05) is 49.1 Å². The predicted molar refractivity (Wildman–Crippen MR) is 133 cm³/mol. The van der Waals surface area contributed by atoms with Gasteiger partial charge in [-0.15, -0.1) is 0 Å².